The summed E-state index contributed by atoms with van der Waals surface area (Å²) in [5, 5.41) is 12.9. The normalized spacial score (nSPS) is 15.5. The Morgan fingerprint density at radius 1 is 1.33 bits per heavy atom. The van der Waals surface area contributed by atoms with Crippen LogP contribution in [0.2, 0.25) is 0 Å². The first-order chi connectivity index (χ1) is 11.5. The van der Waals surface area contributed by atoms with Crippen molar-refractivity contribution in [2.75, 3.05) is 26.2 Å². The Balaban J connectivity index is 1.63. The van der Waals surface area contributed by atoms with E-state index < -0.39 is 16.4 Å². The van der Waals surface area contributed by atoms with Gasteiger partial charge in [-0.05, 0) is 23.6 Å². The van der Waals surface area contributed by atoms with Gasteiger partial charge in [-0.3, -0.25) is 14.9 Å². The molecule has 0 spiro atoms. The number of thiophene rings is 1. The minimum atomic E-state index is -0.929. The van der Waals surface area contributed by atoms with Crippen LogP contribution >= 0.6 is 11.3 Å². The number of carbonyl (C=O) groups is 1. The number of amides is 1. The fourth-order valence-electron chi connectivity index (χ4n) is 2.83. The monoisotopic (exact) mass is 350 g/mol. The molecular formula is C16H17FN3O3S+. The lowest BCUT2D eigenvalue weighted by atomic mass is 10.1. The summed E-state index contributed by atoms with van der Waals surface area (Å²) in [6, 6.07) is 7.43. The molecule has 1 N–H and O–H groups in total. The maximum atomic E-state index is 13.4. The Hall–Kier alpha value is -2.32. The van der Waals surface area contributed by atoms with Crippen molar-refractivity contribution in [3.8, 4) is 0 Å². The third-order valence-corrected chi connectivity index (χ3v) is 5.03. The lowest BCUT2D eigenvalue weighted by Gasteiger charge is -2.32. The van der Waals surface area contributed by atoms with E-state index in [2.05, 4.69) is 11.4 Å². The summed E-state index contributed by atoms with van der Waals surface area (Å²) in [7, 11) is 0. The molecule has 8 heteroatoms. The van der Waals surface area contributed by atoms with Gasteiger partial charge in [0.15, 0.2) is 0 Å². The van der Waals surface area contributed by atoms with Gasteiger partial charge >= 0.3 is 5.69 Å². The van der Waals surface area contributed by atoms with E-state index in [0.717, 1.165) is 31.8 Å². The molecule has 24 heavy (non-hydrogen) atoms. The van der Waals surface area contributed by atoms with Crippen LogP contribution in [0.4, 0.5) is 10.1 Å². The molecule has 0 radical (unpaired) electrons. The predicted octanol–water partition coefficient (Wildman–Crippen LogP) is 1.34. The maximum Gasteiger partial charge on any atom is 0.305 e. The van der Waals surface area contributed by atoms with Gasteiger partial charge in [-0.2, -0.15) is 4.39 Å². The van der Waals surface area contributed by atoms with E-state index in [0.29, 0.717) is 13.1 Å². The lowest BCUT2D eigenvalue weighted by molar-refractivity contribution is -0.917. The van der Waals surface area contributed by atoms with Gasteiger partial charge in [-0.15, -0.1) is 11.3 Å². The molecule has 1 fully saturated rings. The summed E-state index contributed by atoms with van der Waals surface area (Å²) in [5.41, 5.74) is -0.507. The zero-order chi connectivity index (χ0) is 17.1. The highest BCUT2D eigenvalue weighted by molar-refractivity contribution is 7.09. The van der Waals surface area contributed by atoms with E-state index >= 15 is 0 Å². The Morgan fingerprint density at radius 3 is 2.71 bits per heavy atom. The summed E-state index contributed by atoms with van der Waals surface area (Å²) < 4.78 is 13.4. The van der Waals surface area contributed by atoms with Crippen molar-refractivity contribution >= 4 is 22.9 Å². The Bertz CT molecular complexity index is 743. The molecule has 1 amide bonds. The van der Waals surface area contributed by atoms with Crippen LogP contribution in [0.25, 0.3) is 0 Å². The molecule has 1 aromatic heterocycles. The molecule has 1 aliphatic rings. The summed E-state index contributed by atoms with van der Waals surface area (Å²) in [4.78, 5) is 26.9. The van der Waals surface area contributed by atoms with Crippen LogP contribution in [0.1, 0.15) is 15.2 Å². The maximum absolute atomic E-state index is 13.4. The lowest BCUT2D eigenvalue weighted by Crippen LogP contribution is -3.13. The number of piperazine rings is 1. The average molecular weight is 350 g/mol. The smallest absolute Gasteiger partial charge is 0.305 e. The quantitative estimate of drug-likeness (QED) is 0.668. The molecule has 1 saturated heterocycles. The standard InChI is InChI=1S/C16H16FN3O3S/c17-14-4-3-12(10-15(14)20(22)23)16(21)19-7-5-18(6-8-19)11-13-2-1-9-24-13/h1-4,9-10H,5-8,11H2/p+1. The zero-order valence-corrected chi connectivity index (χ0v) is 13.7. The number of quaternary nitrogens is 1. The van der Waals surface area contributed by atoms with Crippen LogP contribution in [0.5, 0.6) is 0 Å². The number of rotatable bonds is 4. The molecule has 0 atom stereocenters. The van der Waals surface area contributed by atoms with E-state index in [4.69, 9.17) is 0 Å². The minimum absolute atomic E-state index is 0.157. The minimum Gasteiger partial charge on any atom is -0.328 e. The van der Waals surface area contributed by atoms with E-state index in [1.165, 1.54) is 15.8 Å². The summed E-state index contributed by atoms with van der Waals surface area (Å²) >= 11 is 1.73. The van der Waals surface area contributed by atoms with Crippen molar-refractivity contribution in [1.29, 1.82) is 0 Å². The molecule has 0 saturated carbocycles. The van der Waals surface area contributed by atoms with Gasteiger partial charge in [0.25, 0.3) is 5.91 Å². The van der Waals surface area contributed by atoms with Gasteiger partial charge in [0.2, 0.25) is 5.82 Å². The number of nitro groups is 1. The fourth-order valence-corrected chi connectivity index (χ4v) is 3.61. The van der Waals surface area contributed by atoms with E-state index in [1.54, 1.807) is 16.2 Å². The first-order valence-corrected chi connectivity index (χ1v) is 8.51. The molecule has 3 rings (SSSR count). The SMILES string of the molecule is O=C(c1ccc(F)c([N+](=O)[O-])c1)N1CC[NH+](Cc2cccs2)CC1. The Labute approximate surface area is 142 Å². The summed E-state index contributed by atoms with van der Waals surface area (Å²) in [5.74, 6) is -1.21. The van der Waals surface area contributed by atoms with Gasteiger partial charge in [-0.1, -0.05) is 6.07 Å². The van der Waals surface area contributed by atoms with Crippen LogP contribution in [0.3, 0.4) is 0 Å². The molecule has 6 nitrogen and oxygen atoms in total. The fraction of sp³-hybridized carbons (Fsp3) is 0.312. The number of hydrogen-bond acceptors (Lipinski definition) is 4. The van der Waals surface area contributed by atoms with Crippen LogP contribution in [-0.2, 0) is 6.54 Å². The second kappa shape index (κ2) is 7.06. The van der Waals surface area contributed by atoms with Crippen molar-refractivity contribution in [2.45, 2.75) is 6.54 Å². The van der Waals surface area contributed by atoms with Crippen LogP contribution in [0.15, 0.2) is 35.7 Å². The highest BCUT2D eigenvalue weighted by atomic mass is 32.1. The van der Waals surface area contributed by atoms with E-state index in [1.807, 2.05) is 6.07 Å². The van der Waals surface area contributed by atoms with Crippen LogP contribution in [0, 0.1) is 15.9 Å². The molecular weight excluding hydrogens is 333 g/mol. The number of halogens is 1. The molecule has 0 bridgehead atoms. The number of carbonyl (C=O) groups excluding carboxylic acids is 1. The van der Waals surface area contributed by atoms with Gasteiger partial charge in [0.05, 0.1) is 36.0 Å². The highest BCUT2D eigenvalue weighted by Crippen LogP contribution is 2.19. The van der Waals surface area contributed by atoms with Crippen molar-refractivity contribution in [3.05, 3.63) is 62.1 Å². The first-order valence-electron chi connectivity index (χ1n) is 7.64. The van der Waals surface area contributed by atoms with Gasteiger partial charge in [0, 0.05) is 11.6 Å². The van der Waals surface area contributed by atoms with Gasteiger partial charge in [0.1, 0.15) is 6.54 Å². The third kappa shape index (κ3) is 3.60. The second-order valence-electron chi connectivity index (χ2n) is 5.72. The number of nitrogens with one attached hydrogen (secondary N) is 1. The molecule has 2 aromatic rings. The number of nitro benzene ring substituents is 1. The second-order valence-corrected chi connectivity index (χ2v) is 6.75. The predicted molar refractivity (Wildman–Crippen MR) is 87.7 cm³/mol. The molecule has 1 aliphatic heterocycles. The summed E-state index contributed by atoms with van der Waals surface area (Å²) in [6.45, 7) is 3.77. The van der Waals surface area contributed by atoms with Crippen molar-refractivity contribution in [2.24, 2.45) is 0 Å². The number of hydrogen-bond donors (Lipinski definition) is 1. The number of benzene rings is 1. The molecule has 1 aromatic carbocycles. The average Bonchev–Trinajstić information content (AvgIpc) is 3.08. The topological polar surface area (TPSA) is 67.9 Å². The third-order valence-electron chi connectivity index (χ3n) is 4.15. The van der Waals surface area contributed by atoms with E-state index in [9.17, 15) is 19.3 Å². The molecule has 126 valence electrons. The van der Waals surface area contributed by atoms with Crippen molar-refractivity contribution in [3.63, 3.8) is 0 Å². The first kappa shape index (κ1) is 16.5. The molecule has 0 unspecified atom stereocenters. The number of nitrogens with zero attached hydrogens (tertiary/aromatic N) is 2. The van der Waals surface area contributed by atoms with Gasteiger partial charge in [-0.25, -0.2) is 0 Å². The zero-order valence-electron chi connectivity index (χ0n) is 12.9. The Morgan fingerprint density at radius 2 is 2.08 bits per heavy atom. The van der Waals surface area contributed by atoms with Crippen LogP contribution < -0.4 is 4.90 Å². The highest BCUT2D eigenvalue weighted by Gasteiger charge is 2.26. The van der Waals surface area contributed by atoms with Crippen molar-refractivity contribution < 1.29 is 19.0 Å². The molecule has 2 heterocycles. The van der Waals surface area contributed by atoms with E-state index in [-0.39, 0.29) is 11.5 Å². The van der Waals surface area contributed by atoms with Crippen molar-refractivity contribution in [1.82, 2.24) is 4.90 Å². The Kier molecular flexibility index (Phi) is 4.86. The summed E-state index contributed by atoms with van der Waals surface area (Å²) in [6.07, 6.45) is 0. The largest absolute Gasteiger partial charge is 0.328 e. The van der Waals surface area contributed by atoms with Crippen LogP contribution in [-0.4, -0.2) is 41.9 Å². The van der Waals surface area contributed by atoms with Gasteiger partial charge < -0.3 is 9.80 Å². The molecule has 0 aliphatic carbocycles.